The van der Waals surface area contributed by atoms with Crippen LogP contribution in [0.25, 0.3) is 0 Å². The molecule has 0 fully saturated rings. The van der Waals surface area contributed by atoms with Crippen LogP contribution in [0.4, 0.5) is 0 Å². The summed E-state index contributed by atoms with van der Waals surface area (Å²) >= 11 is 0. The fraction of sp³-hybridized carbons (Fsp3) is 0.455. The van der Waals surface area contributed by atoms with Gasteiger partial charge in [-0.15, -0.1) is 0 Å². The lowest BCUT2D eigenvalue weighted by molar-refractivity contribution is -0.141. The molecule has 2 atom stereocenters. The van der Waals surface area contributed by atoms with E-state index in [9.17, 15) is 4.79 Å². The van der Waals surface area contributed by atoms with Crippen LogP contribution in [0.1, 0.15) is 11.6 Å². The number of hydrogen-bond acceptors (Lipinski definition) is 4. The Morgan fingerprint density at radius 1 is 1.56 bits per heavy atom. The zero-order chi connectivity index (χ0) is 12.1. The summed E-state index contributed by atoms with van der Waals surface area (Å²) in [6.07, 6.45) is 3.36. The number of pyridine rings is 1. The van der Waals surface area contributed by atoms with Crippen LogP contribution in [0.5, 0.6) is 0 Å². The van der Waals surface area contributed by atoms with E-state index in [4.69, 9.17) is 5.11 Å². The summed E-state index contributed by atoms with van der Waals surface area (Å²) in [7, 11) is 5.35. The average molecular weight is 223 g/mol. The van der Waals surface area contributed by atoms with Crippen molar-refractivity contribution in [1.82, 2.24) is 15.2 Å². The highest BCUT2D eigenvalue weighted by Gasteiger charge is 2.29. The molecule has 0 aliphatic carbocycles. The van der Waals surface area contributed by atoms with Gasteiger partial charge < -0.3 is 15.3 Å². The zero-order valence-corrected chi connectivity index (χ0v) is 9.71. The van der Waals surface area contributed by atoms with Crippen molar-refractivity contribution in [3.63, 3.8) is 0 Å². The summed E-state index contributed by atoms with van der Waals surface area (Å²) in [6, 6.07) is 2.79. The summed E-state index contributed by atoms with van der Waals surface area (Å²) in [5.74, 6) is -0.870. The predicted octanol–water partition coefficient (Wildman–Crippen LogP) is 0.357. The highest BCUT2D eigenvalue weighted by atomic mass is 16.4. The molecule has 5 nitrogen and oxygen atoms in total. The van der Waals surface area contributed by atoms with Gasteiger partial charge in [0.2, 0.25) is 0 Å². The largest absolute Gasteiger partial charge is 0.480 e. The minimum atomic E-state index is -0.870. The van der Waals surface area contributed by atoms with Gasteiger partial charge in [-0.1, -0.05) is 6.07 Å². The maximum atomic E-state index is 11.1. The van der Waals surface area contributed by atoms with E-state index in [0.29, 0.717) is 0 Å². The fourth-order valence-electron chi connectivity index (χ4n) is 1.76. The molecule has 0 radical (unpaired) electrons. The molecule has 0 spiro atoms. The minimum Gasteiger partial charge on any atom is -0.480 e. The molecule has 1 rings (SSSR count). The van der Waals surface area contributed by atoms with Crippen LogP contribution in [-0.4, -0.2) is 48.1 Å². The van der Waals surface area contributed by atoms with Gasteiger partial charge in [0.25, 0.3) is 0 Å². The number of likely N-dealkylation sites (N-methyl/N-ethyl adjacent to an activating group) is 2. The Labute approximate surface area is 95.1 Å². The zero-order valence-electron chi connectivity index (χ0n) is 9.71. The highest BCUT2D eigenvalue weighted by Crippen LogP contribution is 2.21. The molecule has 16 heavy (non-hydrogen) atoms. The Morgan fingerprint density at radius 2 is 2.25 bits per heavy atom. The Kier molecular flexibility index (Phi) is 4.39. The number of rotatable bonds is 5. The predicted molar refractivity (Wildman–Crippen MR) is 61.1 cm³/mol. The van der Waals surface area contributed by atoms with E-state index >= 15 is 0 Å². The summed E-state index contributed by atoms with van der Waals surface area (Å²) in [5, 5.41) is 12.0. The molecule has 2 N–H and O–H groups in total. The Bertz CT molecular complexity index is 340. The van der Waals surface area contributed by atoms with E-state index in [1.807, 2.05) is 25.1 Å². The van der Waals surface area contributed by atoms with Gasteiger partial charge in [0.05, 0.1) is 6.04 Å². The third-order valence-corrected chi connectivity index (χ3v) is 2.48. The number of nitrogens with zero attached hydrogens (tertiary/aromatic N) is 2. The van der Waals surface area contributed by atoms with Crippen LogP contribution in [0.15, 0.2) is 24.5 Å². The first kappa shape index (κ1) is 12.6. The summed E-state index contributed by atoms with van der Waals surface area (Å²) in [4.78, 5) is 17.0. The summed E-state index contributed by atoms with van der Waals surface area (Å²) in [6.45, 7) is 0. The Balaban J connectivity index is 3.04. The average Bonchev–Trinajstić information content (AvgIpc) is 2.25. The Hall–Kier alpha value is -1.46. The molecular formula is C11H17N3O2. The fourth-order valence-corrected chi connectivity index (χ4v) is 1.76. The second-order valence-corrected chi connectivity index (χ2v) is 3.80. The van der Waals surface area contributed by atoms with Gasteiger partial charge in [-0.3, -0.25) is 9.78 Å². The number of carbonyl (C=O) groups is 1. The van der Waals surface area contributed by atoms with E-state index in [1.165, 1.54) is 0 Å². The van der Waals surface area contributed by atoms with Crippen molar-refractivity contribution in [3.8, 4) is 0 Å². The second-order valence-electron chi connectivity index (χ2n) is 3.80. The van der Waals surface area contributed by atoms with Crippen LogP contribution in [0.2, 0.25) is 0 Å². The highest BCUT2D eigenvalue weighted by molar-refractivity contribution is 5.74. The molecule has 0 aliphatic heterocycles. The molecule has 0 saturated heterocycles. The molecular weight excluding hydrogens is 206 g/mol. The number of carboxylic acids is 1. The smallest absolute Gasteiger partial charge is 0.322 e. The van der Waals surface area contributed by atoms with Crippen molar-refractivity contribution in [3.05, 3.63) is 30.1 Å². The van der Waals surface area contributed by atoms with Gasteiger partial charge in [-0.25, -0.2) is 0 Å². The van der Waals surface area contributed by atoms with Gasteiger partial charge in [0.1, 0.15) is 6.04 Å². The topological polar surface area (TPSA) is 65.5 Å². The van der Waals surface area contributed by atoms with Crippen LogP contribution in [0, 0.1) is 0 Å². The first-order valence-corrected chi connectivity index (χ1v) is 5.04. The molecule has 0 aromatic carbocycles. The molecule has 0 aliphatic rings. The quantitative estimate of drug-likeness (QED) is 0.754. The van der Waals surface area contributed by atoms with Crippen molar-refractivity contribution in [2.45, 2.75) is 12.1 Å². The minimum absolute atomic E-state index is 0.240. The monoisotopic (exact) mass is 223 g/mol. The third kappa shape index (κ3) is 2.77. The second kappa shape index (κ2) is 5.58. The van der Waals surface area contributed by atoms with Gasteiger partial charge in [0, 0.05) is 12.4 Å². The molecule has 1 heterocycles. The van der Waals surface area contributed by atoms with Gasteiger partial charge in [-0.05, 0) is 32.8 Å². The van der Waals surface area contributed by atoms with Gasteiger partial charge in [-0.2, -0.15) is 0 Å². The molecule has 88 valence electrons. The normalized spacial score (nSPS) is 14.8. The van der Waals surface area contributed by atoms with E-state index in [-0.39, 0.29) is 6.04 Å². The lowest BCUT2D eigenvalue weighted by Crippen LogP contribution is -2.45. The van der Waals surface area contributed by atoms with E-state index in [1.54, 1.807) is 25.5 Å². The van der Waals surface area contributed by atoms with Crippen molar-refractivity contribution < 1.29 is 9.90 Å². The molecule has 0 saturated carbocycles. The maximum absolute atomic E-state index is 11.1. The number of carboxylic acid groups (broad SMARTS) is 1. The van der Waals surface area contributed by atoms with Gasteiger partial charge >= 0.3 is 5.97 Å². The first-order valence-electron chi connectivity index (χ1n) is 5.04. The van der Waals surface area contributed by atoms with Crippen LogP contribution in [-0.2, 0) is 4.79 Å². The number of hydrogen-bond donors (Lipinski definition) is 2. The van der Waals surface area contributed by atoms with E-state index in [2.05, 4.69) is 10.3 Å². The van der Waals surface area contributed by atoms with Crippen LogP contribution in [0.3, 0.4) is 0 Å². The molecule has 1 aromatic rings. The molecule has 0 bridgehead atoms. The molecule has 2 unspecified atom stereocenters. The van der Waals surface area contributed by atoms with Crippen molar-refractivity contribution in [1.29, 1.82) is 0 Å². The SMILES string of the molecule is CNC(C(=O)O)C(c1cccnc1)N(C)C. The number of aliphatic carboxylic acids is 1. The van der Waals surface area contributed by atoms with Crippen LogP contribution >= 0.6 is 0 Å². The Morgan fingerprint density at radius 3 is 2.62 bits per heavy atom. The molecule has 0 amide bonds. The molecule has 1 aromatic heterocycles. The number of nitrogens with one attached hydrogen (secondary N) is 1. The third-order valence-electron chi connectivity index (χ3n) is 2.48. The maximum Gasteiger partial charge on any atom is 0.322 e. The van der Waals surface area contributed by atoms with Crippen molar-refractivity contribution in [2.24, 2.45) is 0 Å². The first-order chi connectivity index (χ1) is 7.57. The summed E-state index contributed by atoms with van der Waals surface area (Å²) in [5.41, 5.74) is 0.884. The number of aromatic nitrogens is 1. The lowest BCUT2D eigenvalue weighted by Gasteiger charge is -2.29. The van der Waals surface area contributed by atoms with Crippen LogP contribution < -0.4 is 5.32 Å². The van der Waals surface area contributed by atoms with Crippen molar-refractivity contribution >= 4 is 5.97 Å². The standard InChI is InChI=1S/C11H17N3O2/c1-12-9(11(15)16)10(14(2)3)8-5-4-6-13-7-8/h4-7,9-10,12H,1-3H3,(H,15,16). The summed E-state index contributed by atoms with van der Waals surface area (Å²) < 4.78 is 0. The lowest BCUT2D eigenvalue weighted by atomic mass is 10.00. The molecule has 5 heteroatoms. The van der Waals surface area contributed by atoms with E-state index in [0.717, 1.165) is 5.56 Å². The van der Waals surface area contributed by atoms with E-state index < -0.39 is 12.0 Å². The van der Waals surface area contributed by atoms with Crippen molar-refractivity contribution in [2.75, 3.05) is 21.1 Å². The van der Waals surface area contributed by atoms with Gasteiger partial charge in [0.15, 0.2) is 0 Å².